The van der Waals surface area contributed by atoms with Gasteiger partial charge in [0.05, 0.1) is 10.6 Å². The number of H-pyrrole nitrogens is 1. The second-order valence-corrected chi connectivity index (χ2v) is 9.46. The van der Waals surface area contributed by atoms with Gasteiger partial charge in [-0.05, 0) is 67.1 Å². The average Bonchev–Trinajstić information content (AvgIpc) is 2.79. The highest BCUT2D eigenvalue weighted by Gasteiger charge is 2.19. The third-order valence-corrected chi connectivity index (χ3v) is 7.10. The molecule has 1 aliphatic heterocycles. The van der Waals surface area contributed by atoms with E-state index in [-0.39, 0.29) is 10.5 Å². The molecule has 0 atom stereocenters. The van der Waals surface area contributed by atoms with E-state index in [1.807, 2.05) is 18.2 Å². The van der Waals surface area contributed by atoms with Gasteiger partial charge in [-0.2, -0.15) is 0 Å². The van der Waals surface area contributed by atoms with E-state index in [2.05, 4.69) is 19.6 Å². The van der Waals surface area contributed by atoms with Crippen molar-refractivity contribution in [2.45, 2.75) is 24.2 Å². The summed E-state index contributed by atoms with van der Waals surface area (Å²) in [5.74, 6) is 0. The minimum absolute atomic E-state index is 0.129. The minimum Gasteiger partial charge on any atom is -0.371 e. The van der Waals surface area contributed by atoms with Crippen molar-refractivity contribution in [1.82, 2.24) is 9.97 Å². The fourth-order valence-electron chi connectivity index (χ4n) is 4.18. The Morgan fingerprint density at radius 2 is 1.77 bits per heavy atom. The third kappa shape index (κ3) is 3.74. The van der Waals surface area contributed by atoms with Gasteiger partial charge in [0, 0.05) is 53.5 Å². The van der Waals surface area contributed by atoms with Crippen LogP contribution in [0.5, 0.6) is 0 Å². The Hall–Kier alpha value is -3.39. The van der Waals surface area contributed by atoms with Crippen molar-refractivity contribution in [1.29, 1.82) is 0 Å². The Morgan fingerprint density at radius 3 is 2.61 bits per heavy atom. The molecule has 31 heavy (non-hydrogen) atoms. The molecule has 0 bridgehead atoms. The van der Waals surface area contributed by atoms with Gasteiger partial charge in [0.15, 0.2) is 0 Å². The van der Waals surface area contributed by atoms with E-state index in [4.69, 9.17) is 0 Å². The number of rotatable bonds is 4. The molecule has 8 heteroatoms. The highest BCUT2D eigenvalue weighted by molar-refractivity contribution is 7.92. The van der Waals surface area contributed by atoms with Crippen molar-refractivity contribution in [2.24, 2.45) is 0 Å². The number of aromatic amines is 1. The van der Waals surface area contributed by atoms with Gasteiger partial charge in [-0.25, -0.2) is 8.42 Å². The molecule has 0 amide bonds. The van der Waals surface area contributed by atoms with Crippen LogP contribution >= 0.6 is 0 Å². The molecule has 2 N–H and O–H groups in total. The normalized spacial score (nSPS) is 14.8. The van der Waals surface area contributed by atoms with Crippen LogP contribution in [-0.4, -0.2) is 31.5 Å². The lowest BCUT2D eigenvalue weighted by molar-refractivity contribution is 0.579. The summed E-state index contributed by atoms with van der Waals surface area (Å²) in [4.78, 5) is 20.9. The van der Waals surface area contributed by atoms with Crippen molar-refractivity contribution in [2.75, 3.05) is 22.7 Å². The van der Waals surface area contributed by atoms with Crippen molar-refractivity contribution in [3.05, 3.63) is 71.3 Å². The number of nitrogens with one attached hydrogen (secondary N) is 2. The standard InChI is InChI=1S/C23H22N4O3S/c28-23-9-4-16-14-17(5-6-20(16)25-23)31(29,30)26-21-7-8-22(27-12-2-1-3-13-27)18-10-11-24-15-19(18)21/h4-11,14-15,26H,1-3,12-13H2,(H,25,28). The monoisotopic (exact) mass is 434 g/mol. The van der Waals surface area contributed by atoms with Gasteiger partial charge >= 0.3 is 0 Å². The van der Waals surface area contributed by atoms with Crippen molar-refractivity contribution in [3.63, 3.8) is 0 Å². The number of pyridine rings is 2. The van der Waals surface area contributed by atoms with Gasteiger partial charge in [0.2, 0.25) is 5.56 Å². The van der Waals surface area contributed by atoms with Crippen LogP contribution in [0.2, 0.25) is 0 Å². The maximum absolute atomic E-state index is 13.1. The Morgan fingerprint density at radius 1 is 0.935 bits per heavy atom. The molecule has 1 aliphatic rings. The first kappa shape index (κ1) is 19.6. The van der Waals surface area contributed by atoms with E-state index in [1.54, 1.807) is 30.6 Å². The zero-order valence-corrected chi connectivity index (χ0v) is 17.7. The molecule has 4 aromatic rings. The first-order valence-electron chi connectivity index (χ1n) is 10.3. The SMILES string of the molecule is O=c1ccc2cc(S(=O)(=O)Nc3ccc(N4CCCCC4)c4ccncc34)ccc2[nH]1. The van der Waals surface area contributed by atoms with Crippen LogP contribution in [0.25, 0.3) is 21.7 Å². The molecule has 0 unspecified atom stereocenters. The van der Waals surface area contributed by atoms with E-state index in [1.165, 1.54) is 18.6 Å². The number of anilines is 2. The first-order valence-corrected chi connectivity index (χ1v) is 11.8. The Labute approximate surface area is 179 Å². The largest absolute Gasteiger partial charge is 0.371 e. The zero-order valence-electron chi connectivity index (χ0n) is 16.8. The number of aromatic nitrogens is 2. The van der Waals surface area contributed by atoms with E-state index < -0.39 is 10.0 Å². The summed E-state index contributed by atoms with van der Waals surface area (Å²) >= 11 is 0. The Bertz CT molecular complexity index is 1440. The molecule has 0 radical (unpaired) electrons. The Balaban J connectivity index is 1.54. The highest BCUT2D eigenvalue weighted by Crippen LogP contribution is 2.34. The maximum atomic E-state index is 13.1. The Kier molecular flexibility index (Phi) is 4.86. The third-order valence-electron chi connectivity index (χ3n) is 5.74. The van der Waals surface area contributed by atoms with Gasteiger partial charge < -0.3 is 9.88 Å². The smallest absolute Gasteiger partial charge is 0.261 e. The molecular formula is C23H22N4O3S. The van der Waals surface area contributed by atoms with Crippen LogP contribution in [-0.2, 0) is 10.0 Å². The second-order valence-electron chi connectivity index (χ2n) is 7.78. The van der Waals surface area contributed by atoms with Crippen LogP contribution in [0, 0.1) is 0 Å². The van der Waals surface area contributed by atoms with Crippen LogP contribution < -0.4 is 15.2 Å². The topological polar surface area (TPSA) is 95.2 Å². The summed E-state index contributed by atoms with van der Waals surface area (Å²) < 4.78 is 29.0. The van der Waals surface area contributed by atoms with Crippen molar-refractivity contribution in [3.8, 4) is 0 Å². The molecule has 2 aromatic carbocycles. The van der Waals surface area contributed by atoms with Crippen LogP contribution in [0.3, 0.4) is 0 Å². The number of sulfonamides is 1. The summed E-state index contributed by atoms with van der Waals surface area (Å²) in [6, 6.07) is 13.4. The number of hydrogen-bond acceptors (Lipinski definition) is 5. The van der Waals surface area contributed by atoms with E-state index in [9.17, 15) is 13.2 Å². The van der Waals surface area contributed by atoms with Crippen LogP contribution in [0.1, 0.15) is 19.3 Å². The molecule has 3 heterocycles. The average molecular weight is 435 g/mol. The van der Waals surface area contributed by atoms with E-state index >= 15 is 0 Å². The first-order chi connectivity index (χ1) is 15.0. The molecule has 0 saturated carbocycles. The number of nitrogens with zero attached hydrogens (tertiary/aromatic N) is 2. The van der Waals surface area contributed by atoms with E-state index in [0.29, 0.717) is 16.6 Å². The predicted molar refractivity (Wildman–Crippen MR) is 123 cm³/mol. The number of hydrogen-bond donors (Lipinski definition) is 2. The lowest BCUT2D eigenvalue weighted by atomic mass is 10.1. The van der Waals surface area contributed by atoms with Crippen LogP contribution in [0.4, 0.5) is 11.4 Å². The second kappa shape index (κ2) is 7.70. The van der Waals surface area contributed by atoms with Crippen molar-refractivity contribution < 1.29 is 8.42 Å². The summed E-state index contributed by atoms with van der Waals surface area (Å²) in [6.45, 7) is 2.00. The lowest BCUT2D eigenvalue weighted by Gasteiger charge is -2.30. The quantitative estimate of drug-likeness (QED) is 0.508. The van der Waals surface area contributed by atoms with Crippen molar-refractivity contribution >= 4 is 43.1 Å². The fourth-order valence-corrected chi connectivity index (χ4v) is 5.29. The maximum Gasteiger partial charge on any atom is 0.261 e. The summed E-state index contributed by atoms with van der Waals surface area (Å²) in [5, 5.41) is 2.39. The molecule has 0 spiro atoms. The molecule has 5 rings (SSSR count). The molecule has 158 valence electrons. The van der Waals surface area contributed by atoms with Gasteiger partial charge in [-0.15, -0.1) is 0 Å². The number of benzene rings is 2. The molecule has 2 aromatic heterocycles. The number of piperidine rings is 1. The molecule has 0 aliphatic carbocycles. The van der Waals surface area contributed by atoms with Gasteiger partial charge in [-0.1, -0.05) is 0 Å². The molecule has 1 fully saturated rings. The minimum atomic E-state index is -3.83. The van der Waals surface area contributed by atoms with Gasteiger partial charge in [-0.3, -0.25) is 14.5 Å². The fraction of sp³-hybridized carbons (Fsp3) is 0.217. The summed E-state index contributed by atoms with van der Waals surface area (Å²) in [6.07, 6.45) is 7.00. The molecule has 1 saturated heterocycles. The summed E-state index contributed by atoms with van der Waals surface area (Å²) in [5.41, 5.74) is 1.96. The van der Waals surface area contributed by atoms with Gasteiger partial charge in [0.1, 0.15) is 0 Å². The van der Waals surface area contributed by atoms with Gasteiger partial charge in [0.25, 0.3) is 10.0 Å². The predicted octanol–water partition coefficient (Wildman–Crippen LogP) is 3.87. The zero-order chi connectivity index (χ0) is 21.4. The lowest BCUT2D eigenvalue weighted by Crippen LogP contribution is -2.29. The summed E-state index contributed by atoms with van der Waals surface area (Å²) in [7, 11) is -3.83. The number of fused-ring (bicyclic) bond motifs is 2. The molecular weight excluding hydrogens is 412 g/mol. The van der Waals surface area contributed by atoms with E-state index in [0.717, 1.165) is 42.4 Å². The van der Waals surface area contributed by atoms with Crippen LogP contribution in [0.15, 0.2) is 70.6 Å². The highest BCUT2D eigenvalue weighted by atomic mass is 32.2. The molecule has 7 nitrogen and oxygen atoms in total.